The van der Waals surface area contributed by atoms with Gasteiger partial charge in [0.1, 0.15) is 11.5 Å². The number of rotatable bonds is 6. The normalized spacial score (nSPS) is 14.7. The third-order valence-electron chi connectivity index (χ3n) is 4.73. The molecule has 0 spiro atoms. The van der Waals surface area contributed by atoms with Gasteiger partial charge in [0, 0.05) is 39.0 Å². The van der Waals surface area contributed by atoms with Gasteiger partial charge in [0.05, 0.1) is 0 Å². The van der Waals surface area contributed by atoms with Gasteiger partial charge in [-0.15, -0.1) is 0 Å². The number of nitrogens with zero attached hydrogens (tertiary/aromatic N) is 2. The van der Waals surface area contributed by atoms with E-state index >= 15 is 0 Å². The summed E-state index contributed by atoms with van der Waals surface area (Å²) in [5, 5.41) is 0. The monoisotopic (exact) mass is 360 g/mol. The number of ketones is 1. The Kier molecular flexibility index (Phi) is 7.18. The smallest absolute Gasteiger partial charge is 0.260 e. The van der Waals surface area contributed by atoms with Crippen molar-refractivity contribution in [2.75, 3.05) is 32.8 Å². The summed E-state index contributed by atoms with van der Waals surface area (Å²) in [6, 6.07) is 5.78. The van der Waals surface area contributed by atoms with Gasteiger partial charge in [-0.25, -0.2) is 0 Å². The average Bonchev–Trinajstić information content (AvgIpc) is 2.86. The first kappa shape index (κ1) is 19.9. The summed E-state index contributed by atoms with van der Waals surface area (Å²) in [5.41, 5.74) is 2.31. The standard InChI is InChI=1S/C20H28N2O4/c1-15-5-7-18(13-16(15)2)26-14-20(25)22-10-4-9-21(11-12-22)19(24)8-6-17(3)23/h5,7,13H,4,6,8-12,14H2,1-3H3. The van der Waals surface area contributed by atoms with Gasteiger partial charge >= 0.3 is 0 Å². The zero-order valence-electron chi connectivity index (χ0n) is 15.9. The molecule has 6 nitrogen and oxygen atoms in total. The number of aryl methyl sites for hydroxylation is 2. The third-order valence-corrected chi connectivity index (χ3v) is 4.73. The van der Waals surface area contributed by atoms with Crippen LogP contribution in [-0.4, -0.2) is 60.2 Å². The molecule has 0 unspecified atom stereocenters. The summed E-state index contributed by atoms with van der Waals surface area (Å²) in [6.07, 6.45) is 1.27. The van der Waals surface area contributed by atoms with Gasteiger partial charge < -0.3 is 19.3 Å². The van der Waals surface area contributed by atoms with Crippen LogP contribution >= 0.6 is 0 Å². The molecule has 6 heteroatoms. The molecule has 0 aliphatic carbocycles. The van der Waals surface area contributed by atoms with Crippen LogP contribution in [0.4, 0.5) is 0 Å². The van der Waals surface area contributed by atoms with E-state index in [9.17, 15) is 14.4 Å². The topological polar surface area (TPSA) is 66.9 Å². The van der Waals surface area contributed by atoms with E-state index in [0.29, 0.717) is 31.9 Å². The van der Waals surface area contributed by atoms with Crippen LogP contribution < -0.4 is 4.74 Å². The molecule has 0 radical (unpaired) electrons. The van der Waals surface area contributed by atoms with E-state index in [-0.39, 0.29) is 37.0 Å². The molecule has 2 rings (SSSR count). The van der Waals surface area contributed by atoms with Crippen molar-refractivity contribution in [3.63, 3.8) is 0 Å². The predicted octanol–water partition coefficient (Wildman–Crippen LogP) is 2.11. The fourth-order valence-electron chi connectivity index (χ4n) is 2.90. The van der Waals surface area contributed by atoms with E-state index in [1.807, 2.05) is 32.0 Å². The number of carbonyl (C=O) groups excluding carboxylic acids is 3. The van der Waals surface area contributed by atoms with Crippen molar-refractivity contribution < 1.29 is 19.1 Å². The van der Waals surface area contributed by atoms with E-state index in [0.717, 1.165) is 12.0 Å². The van der Waals surface area contributed by atoms with Gasteiger partial charge in [-0.1, -0.05) is 6.07 Å². The van der Waals surface area contributed by atoms with Gasteiger partial charge in [0.2, 0.25) is 5.91 Å². The minimum atomic E-state index is -0.0683. The fourth-order valence-corrected chi connectivity index (χ4v) is 2.90. The highest BCUT2D eigenvalue weighted by Gasteiger charge is 2.22. The summed E-state index contributed by atoms with van der Waals surface area (Å²) in [7, 11) is 0. The number of hydrogen-bond acceptors (Lipinski definition) is 4. The molecule has 1 saturated heterocycles. The summed E-state index contributed by atoms with van der Waals surface area (Å²) >= 11 is 0. The SMILES string of the molecule is CC(=O)CCC(=O)N1CCCN(C(=O)COc2ccc(C)c(C)c2)CC1. The molecule has 1 fully saturated rings. The Morgan fingerprint density at radius 1 is 0.923 bits per heavy atom. The van der Waals surface area contributed by atoms with Crippen LogP contribution in [0, 0.1) is 13.8 Å². The molecule has 0 aromatic heterocycles. The van der Waals surface area contributed by atoms with Crippen molar-refractivity contribution in [2.24, 2.45) is 0 Å². The highest BCUT2D eigenvalue weighted by molar-refractivity contribution is 5.83. The Balaban J connectivity index is 1.82. The lowest BCUT2D eigenvalue weighted by atomic mass is 10.1. The van der Waals surface area contributed by atoms with E-state index in [2.05, 4.69) is 0 Å². The summed E-state index contributed by atoms with van der Waals surface area (Å²) in [6.45, 7) is 7.78. The lowest BCUT2D eigenvalue weighted by molar-refractivity contribution is -0.135. The number of carbonyl (C=O) groups is 3. The molecule has 0 atom stereocenters. The molecule has 0 N–H and O–H groups in total. The average molecular weight is 360 g/mol. The van der Waals surface area contributed by atoms with Gasteiger partial charge in [0.25, 0.3) is 5.91 Å². The molecule has 1 heterocycles. The second kappa shape index (κ2) is 9.36. The van der Waals surface area contributed by atoms with Crippen LogP contribution in [0.15, 0.2) is 18.2 Å². The van der Waals surface area contributed by atoms with Crippen LogP contribution in [0.1, 0.15) is 37.3 Å². The molecule has 0 saturated carbocycles. The fraction of sp³-hybridized carbons (Fsp3) is 0.550. The minimum absolute atomic E-state index is 0.000778. The maximum absolute atomic E-state index is 12.4. The van der Waals surface area contributed by atoms with Crippen molar-refractivity contribution in [3.8, 4) is 5.75 Å². The highest BCUT2D eigenvalue weighted by atomic mass is 16.5. The second-order valence-electron chi connectivity index (χ2n) is 6.85. The van der Waals surface area contributed by atoms with E-state index < -0.39 is 0 Å². The zero-order chi connectivity index (χ0) is 19.1. The molecular formula is C20H28N2O4. The molecule has 0 bridgehead atoms. The molecule has 1 aromatic rings. The summed E-state index contributed by atoms with van der Waals surface area (Å²) in [5.74, 6) is 0.632. The molecule has 142 valence electrons. The lowest BCUT2D eigenvalue weighted by Crippen LogP contribution is -2.39. The van der Waals surface area contributed by atoms with Gasteiger partial charge in [0.15, 0.2) is 6.61 Å². The second-order valence-corrected chi connectivity index (χ2v) is 6.85. The largest absolute Gasteiger partial charge is 0.484 e. The molecule has 2 amide bonds. The van der Waals surface area contributed by atoms with Crippen LogP contribution in [0.5, 0.6) is 5.75 Å². The van der Waals surface area contributed by atoms with E-state index in [4.69, 9.17) is 4.74 Å². The van der Waals surface area contributed by atoms with Gasteiger partial charge in [-0.2, -0.15) is 0 Å². The van der Waals surface area contributed by atoms with E-state index in [1.165, 1.54) is 12.5 Å². The van der Waals surface area contributed by atoms with Crippen LogP contribution in [-0.2, 0) is 14.4 Å². The molecule has 1 aliphatic heterocycles. The molecule has 26 heavy (non-hydrogen) atoms. The maximum Gasteiger partial charge on any atom is 0.260 e. The number of ether oxygens (including phenoxy) is 1. The number of amides is 2. The van der Waals surface area contributed by atoms with Gasteiger partial charge in [-0.05, 0) is 50.5 Å². The lowest BCUT2D eigenvalue weighted by Gasteiger charge is -2.22. The first-order chi connectivity index (χ1) is 12.4. The van der Waals surface area contributed by atoms with Gasteiger partial charge in [-0.3, -0.25) is 9.59 Å². The number of benzene rings is 1. The molecule has 1 aliphatic rings. The quantitative estimate of drug-likeness (QED) is 0.779. The highest BCUT2D eigenvalue weighted by Crippen LogP contribution is 2.16. The Labute approximate surface area is 155 Å². The Morgan fingerprint density at radius 3 is 2.19 bits per heavy atom. The number of hydrogen-bond donors (Lipinski definition) is 0. The van der Waals surface area contributed by atoms with Crippen molar-refractivity contribution in [3.05, 3.63) is 29.3 Å². The van der Waals surface area contributed by atoms with Crippen LogP contribution in [0.2, 0.25) is 0 Å². The van der Waals surface area contributed by atoms with Crippen LogP contribution in [0.3, 0.4) is 0 Å². The van der Waals surface area contributed by atoms with Crippen molar-refractivity contribution >= 4 is 17.6 Å². The Morgan fingerprint density at radius 2 is 1.58 bits per heavy atom. The van der Waals surface area contributed by atoms with Crippen molar-refractivity contribution in [1.82, 2.24) is 9.80 Å². The first-order valence-corrected chi connectivity index (χ1v) is 9.12. The third kappa shape index (κ3) is 5.86. The zero-order valence-corrected chi connectivity index (χ0v) is 15.9. The maximum atomic E-state index is 12.4. The summed E-state index contributed by atoms with van der Waals surface area (Å²) < 4.78 is 5.63. The van der Waals surface area contributed by atoms with Crippen molar-refractivity contribution in [1.29, 1.82) is 0 Å². The Bertz CT molecular complexity index is 672. The summed E-state index contributed by atoms with van der Waals surface area (Å²) in [4.78, 5) is 39.1. The molecular weight excluding hydrogens is 332 g/mol. The van der Waals surface area contributed by atoms with E-state index in [1.54, 1.807) is 9.80 Å². The Hall–Kier alpha value is -2.37. The molecule has 1 aromatic carbocycles. The van der Waals surface area contributed by atoms with Crippen molar-refractivity contribution in [2.45, 2.75) is 40.0 Å². The first-order valence-electron chi connectivity index (χ1n) is 9.12. The predicted molar refractivity (Wildman–Crippen MR) is 99.1 cm³/mol. The van der Waals surface area contributed by atoms with Crippen LogP contribution in [0.25, 0.3) is 0 Å². The minimum Gasteiger partial charge on any atom is -0.484 e. The number of Topliss-reactive ketones (excluding diaryl/α,β-unsaturated/α-hetero) is 1.